The molecule has 1 unspecified atom stereocenters. The number of aromatic nitrogens is 1. The molecule has 2 N–H and O–H groups in total. The number of pyridine rings is 1. The molecule has 3 nitrogen and oxygen atoms in total. The maximum atomic E-state index is 6.15. The lowest BCUT2D eigenvalue weighted by Gasteiger charge is -2.19. The largest absolute Gasteiger partial charge is 0.494 e. The lowest BCUT2D eigenvalue weighted by Crippen LogP contribution is -2.24. The van der Waals surface area contributed by atoms with Crippen molar-refractivity contribution in [3.05, 3.63) is 83.1 Å². The van der Waals surface area contributed by atoms with Gasteiger partial charge < -0.3 is 10.5 Å². The summed E-state index contributed by atoms with van der Waals surface area (Å²) in [5, 5.41) is 0.726. The van der Waals surface area contributed by atoms with E-state index in [1.807, 2.05) is 66.9 Å². The van der Waals surface area contributed by atoms with Crippen molar-refractivity contribution in [2.45, 2.75) is 45.1 Å². The highest BCUT2D eigenvalue weighted by Crippen LogP contribution is 2.52. The minimum atomic E-state index is 0.318. The molecule has 0 radical (unpaired) electrons. The molecule has 164 valence electrons. The lowest BCUT2D eigenvalue weighted by molar-refractivity contribution is 0.254. The van der Waals surface area contributed by atoms with Crippen LogP contribution in [0.25, 0.3) is 11.1 Å². The molecule has 0 bridgehead atoms. The predicted octanol–water partition coefficient (Wildman–Crippen LogP) is 6.48. The lowest BCUT2D eigenvalue weighted by atomic mass is 9.93. The van der Waals surface area contributed by atoms with E-state index in [0.717, 1.165) is 59.0 Å². The second-order valence-electron chi connectivity index (χ2n) is 8.68. The van der Waals surface area contributed by atoms with Crippen molar-refractivity contribution in [1.82, 2.24) is 4.98 Å². The van der Waals surface area contributed by atoms with Crippen LogP contribution in [-0.2, 0) is 0 Å². The summed E-state index contributed by atoms with van der Waals surface area (Å²) in [7, 11) is 0. The zero-order valence-corrected chi connectivity index (χ0v) is 19.2. The highest BCUT2D eigenvalue weighted by molar-refractivity contribution is 6.30. The number of halogens is 1. The van der Waals surface area contributed by atoms with Crippen LogP contribution < -0.4 is 10.5 Å². The first-order chi connectivity index (χ1) is 15.5. The molecule has 1 saturated carbocycles. The Hall–Kier alpha value is -2.80. The summed E-state index contributed by atoms with van der Waals surface area (Å²) < 4.78 is 5.97. The van der Waals surface area contributed by atoms with E-state index in [-0.39, 0.29) is 0 Å². The van der Waals surface area contributed by atoms with Crippen LogP contribution in [0, 0.1) is 17.3 Å². The Balaban J connectivity index is 1.29. The zero-order valence-electron chi connectivity index (χ0n) is 18.5. The van der Waals surface area contributed by atoms with Crippen molar-refractivity contribution < 1.29 is 4.74 Å². The standard InChI is InChI=1S/C28H29ClN2O/c1-2-25(30)19-28(15-16-28)17-18-32-27-13-4-21(5-14-27)3-11-26-12-8-23(20-31-26)22-6-9-24(29)10-7-22/h4-10,12-14,20,25H,2,15-19,30H2,1H3. The normalized spacial score (nSPS) is 14.8. The number of ether oxygens (including phenoxy) is 1. The molecular weight excluding hydrogens is 416 g/mol. The molecule has 1 aliphatic carbocycles. The molecule has 0 amide bonds. The Morgan fingerprint density at radius 3 is 2.34 bits per heavy atom. The molecule has 0 spiro atoms. The average Bonchev–Trinajstić information content (AvgIpc) is 3.58. The van der Waals surface area contributed by atoms with E-state index in [0.29, 0.717) is 11.5 Å². The number of hydrogen-bond acceptors (Lipinski definition) is 3. The van der Waals surface area contributed by atoms with Crippen molar-refractivity contribution in [2.75, 3.05) is 6.61 Å². The van der Waals surface area contributed by atoms with Crippen molar-refractivity contribution in [3.63, 3.8) is 0 Å². The molecule has 4 heteroatoms. The smallest absolute Gasteiger partial charge is 0.119 e. The third kappa shape index (κ3) is 6.13. The maximum Gasteiger partial charge on any atom is 0.119 e. The van der Waals surface area contributed by atoms with Crippen LogP contribution in [0.15, 0.2) is 66.9 Å². The van der Waals surface area contributed by atoms with Crippen molar-refractivity contribution in [1.29, 1.82) is 0 Å². The van der Waals surface area contributed by atoms with Crippen LogP contribution in [0.3, 0.4) is 0 Å². The fraction of sp³-hybridized carbons (Fsp3) is 0.321. The molecule has 1 heterocycles. The highest BCUT2D eigenvalue weighted by atomic mass is 35.5. The molecule has 32 heavy (non-hydrogen) atoms. The molecule has 0 saturated heterocycles. The van der Waals surface area contributed by atoms with Gasteiger partial charge in [0.1, 0.15) is 11.4 Å². The van der Waals surface area contributed by atoms with Crippen LogP contribution in [0.1, 0.15) is 50.3 Å². The van der Waals surface area contributed by atoms with E-state index in [2.05, 4.69) is 23.7 Å². The van der Waals surface area contributed by atoms with Crippen LogP contribution >= 0.6 is 11.6 Å². The van der Waals surface area contributed by atoms with Gasteiger partial charge in [-0.25, -0.2) is 4.98 Å². The van der Waals surface area contributed by atoms with Gasteiger partial charge in [0.15, 0.2) is 0 Å². The van der Waals surface area contributed by atoms with Crippen molar-refractivity contribution >= 4 is 11.6 Å². The molecule has 4 rings (SSSR count). The predicted molar refractivity (Wildman–Crippen MR) is 132 cm³/mol. The van der Waals surface area contributed by atoms with Crippen molar-refractivity contribution in [3.8, 4) is 28.7 Å². The van der Waals surface area contributed by atoms with Gasteiger partial charge >= 0.3 is 0 Å². The zero-order chi connectivity index (χ0) is 22.4. The summed E-state index contributed by atoms with van der Waals surface area (Å²) in [5.74, 6) is 7.19. The minimum absolute atomic E-state index is 0.318. The quantitative estimate of drug-likeness (QED) is 0.404. The third-order valence-corrected chi connectivity index (χ3v) is 6.46. The molecule has 1 fully saturated rings. The van der Waals surface area contributed by atoms with Crippen LogP contribution in [0.4, 0.5) is 0 Å². The Bertz CT molecular complexity index is 1080. The van der Waals surface area contributed by atoms with Gasteiger partial charge in [-0.3, -0.25) is 0 Å². The summed E-state index contributed by atoms with van der Waals surface area (Å²) >= 11 is 5.95. The number of nitrogens with zero attached hydrogens (tertiary/aromatic N) is 1. The van der Waals surface area contributed by atoms with Gasteiger partial charge in [0.25, 0.3) is 0 Å². The number of hydrogen-bond donors (Lipinski definition) is 1. The van der Waals surface area contributed by atoms with Gasteiger partial charge in [-0.1, -0.05) is 42.6 Å². The van der Waals surface area contributed by atoms with Crippen LogP contribution in [-0.4, -0.2) is 17.6 Å². The fourth-order valence-corrected chi connectivity index (χ4v) is 4.00. The molecule has 1 aromatic heterocycles. The van der Waals surface area contributed by atoms with E-state index in [4.69, 9.17) is 22.1 Å². The second-order valence-corrected chi connectivity index (χ2v) is 9.12. The topological polar surface area (TPSA) is 48.1 Å². The van der Waals surface area contributed by atoms with E-state index >= 15 is 0 Å². The Kier molecular flexibility index (Phi) is 7.15. The summed E-state index contributed by atoms with van der Waals surface area (Å²) in [6.45, 7) is 2.90. The second kappa shape index (κ2) is 10.2. The molecule has 1 aliphatic rings. The van der Waals surface area contributed by atoms with E-state index in [1.165, 1.54) is 12.8 Å². The summed E-state index contributed by atoms with van der Waals surface area (Å²) in [6, 6.07) is 20.0. The van der Waals surface area contributed by atoms with Crippen LogP contribution in [0.5, 0.6) is 5.75 Å². The molecule has 2 aromatic carbocycles. The number of nitrogens with two attached hydrogens (primary N) is 1. The average molecular weight is 445 g/mol. The summed E-state index contributed by atoms with van der Waals surface area (Å²) in [4.78, 5) is 4.47. The van der Waals surface area contributed by atoms with Gasteiger partial charge in [-0.15, -0.1) is 0 Å². The highest BCUT2D eigenvalue weighted by Gasteiger charge is 2.42. The molecule has 3 aromatic rings. The minimum Gasteiger partial charge on any atom is -0.494 e. The van der Waals surface area contributed by atoms with E-state index < -0.39 is 0 Å². The van der Waals surface area contributed by atoms with Gasteiger partial charge in [0, 0.05) is 28.4 Å². The first-order valence-electron chi connectivity index (χ1n) is 11.3. The SMILES string of the molecule is CCC(N)CC1(CCOc2ccc(C#Cc3ccc(-c4ccc(Cl)cc4)cn3)cc2)CC1. The van der Waals surface area contributed by atoms with Gasteiger partial charge in [0.2, 0.25) is 0 Å². The van der Waals surface area contributed by atoms with Crippen LogP contribution in [0.2, 0.25) is 5.02 Å². The Morgan fingerprint density at radius 2 is 1.72 bits per heavy atom. The summed E-state index contributed by atoms with van der Waals surface area (Å²) in [6.07, 6.45) is 7.66. The van der Waals surface area contributed by atoms with Crippen molar-refractivity contribution in [2.24, 2.45) is 11.1 Å². The van der Waals surface area contributed by atoms with E-state index in [9.17, 15) is 0 Å². The maximum absolute atomic E-state index is 6.15. The number of benzene rings is 2. The van der Waals surface area contributed by atoms with E-state index in [1.54, 1.807) is 0 Å². The molecule has 0 aliphatic heterocycles. The van der Waals surface area contributed by atoms with Gasteiger partial charge in [-0.2, -0.15) is 0 Å². The molecular formula is C28H29ClN2O. The molecule has 1 atom stereocenters. The number of rotatable bonds is 8. The third-order valence-electron chi connectivity index (χ3n) is 6.21. The van der Waals surface area contributed by atoms with Gasteiger partial charge in [0.05, 0.1) is 6.61 Å². The first-order valence-corrected chi connectivity index (χ1v) is 11.7. The fourth-order valence-electron chi connectivity index (χ4n) is 3.87. The summed E-state index contributed by atoms with van der Waals surface area (Å²) in [5.41, 5.74) is 10.4. The monoisotopic (exact) mass is 444 g/mol. The Morgan fingerprint density at radius 1 is 1.00 bits per heavy atom. The Labute approximate surface area is 196 Å². The van der Waals surface area contributed by atoms with Gasteiger partial charge in [-0.05, 0) is 91.5 Å². The first kappa shape index (κ1) is 22.4.